The molecule has 0 aliphatic rings. The molecule has 2 aromatic rings. The maximum Gasteiger partial charge on any atom is 0.321 e. The number of carbonyl (C=O) groups is 2. The van der Waals surface area contributed by atoms with Gasteiger partial charge in [0.25, 0.3) is 11.2 Å². The number of amides is 3. The summed E-state index contributed by atoms with van der Waals surface area (Å²) < 4.78 is 0.707. The molecule has 2 heterocycles. The Morgan fingerprint density at radius 3 is 2.80 bits per heavy atom. The molecule has 25 heavy (non-hydrogen) atoms. The van der Waals surface area contributed by atoms with Gasteiger partial charge < -0.3 is 5.32 Å². The van der Waals surface area contributed by atoms with Gasteiger partial charge in [-0.1, -0.05) is 6.07 Å². The highest BCUT2D eigenvalue weighted by Crippen LogP contribution is 2.09. The Bertz CT molecular complexity index is 913. The molecule has 0 bridgehead atoms. The zero-order chi connectivity index (χ0) is 18.4. The summed E-state index contributed by atoms with van der Waals surface area (Å²) in [4.78, 5) is 46.3. The Kier molecular flexibility index (Phi) is 5.59. The lowest BCUT2D eigenvalue weighted by molar-refractivity contribution is -0.385. The van der Waals surface area contributed by atoms with Crippen LogP contribution in [0.2, 0.25) is 0 Å². The van der Waals surface area contributed by atoms with E-state index in [1.165, 1.54) is 17.4 Å². The molecule has 2 rings (SSSR count). The number of rotatable bonds is 5. The fourth-order valence-electron chi connectivity index (χ4n) is 1.86. The van der Waals surface area contributed by atoms with E-state index in [4.69, 9.17) is 5.26 Å². The molecule has 3 amide bonds. The first kappa shape index (κ1) is 17.8. The molecule has 0 aliphatic heterocycles. The fourth-order valence-corrected chi connectivity index (χ4v) is 2.51. The number of nitrogens with one attached hydrogen (secondary N) is 2. The third-order valence-electron chi connectivity index (χ3n) is 2.97. The maximum absolute atomic E-state index is 11.9. The number of carbonyl (C=O) groups excluding carboxylic acids is 2. The summed E-state index contributed by atoms with van der Waals surface area (Å²) in [6.45, 7) is -0.409. The van der Waals surface area contributed by atoms with E-state index in [9.17, 15) is 24.5 Å². The van der Waals surface area contributed by atoms with Crippen LogP contribution in [0.25, 0.3) is 0 Å². The molecule has 0 aliphatic carbocycles. The Hall–Kier alpha value is -3.52. The average molecular weight is 361 g/mol. The van der Waals surface area contributed by atoms with Gasteiger partial charge in [0.2, 0.25) is 5.91 Å². The van der Waals surface area contributed by atoms with E-state index in [0.29, 0.717) is 4.57 Å². The topological polar surface area (TPSA) is 147 Å². The van der Waals surface area contributed by atoms with Gasteiger partial charge in [0.1, 0.15) is 18.2 Å². The lowest BCUT2D eigenvalue weighted by atomic mass is 10.2. The van der Waals surface area contributed by atoms with Gasteiger partial charge in [0.15, 0.2) is 0 Å². The van der Waals surface area contributed by atoms with Crippen LogP contribution in [0.5, 0.6) is 0 Å². The molecule has 11 heteroatoms. The minimum atomic E-state index is -0.859. The third kappa shape index (κ3) is 4.72. The first-order chi connectivity index (χ1) is 11.9. The number of nitrogens with zero attached hydrogens (tertiary/aromatic N) is 3. The van der Waals surface area contributed by atoms with Crippen molar-refractivity contribution in [1.82, 2.24) is 15.2 Å². The zero-order valence-corrected chi connectivity index (χ0v) is 13.4. The first-order valence-electron chi connectivity index (χ1n) is 6.79. The van der Waals surface area contributed by atoms with Crippen LogP contribution < -0.4 is 16.2 Å². The van der Waals surface area contributed by atoms with Crippen LogP contribution in [0.4, 0.5) is 10.5 Å². The van der Waals surface area contributed by atoms with Gasteiger partial charge in [-0.25, -0.2) is 4.79 Å². The fraction of sp³-hybridized carbons (Fsp3) is 0.143. The van der Waals surface area contributed by atoms with Crippen molar-refractivity contribution in [3.63, 3.8) is 0 Å². The third-order valence-corrected chi connectivity index (χ3v) is 3.85. The predicted octanol–water partition coefficient (Wildman–Crippen LogP) is 0.716. The highest BCUT2D eigenvalue weighted by molar-refractivity contribution is 7.09. The molecule has 0 saturated carbocycles. The number of nitriles is 1. The summed E-state index contributed by atoms with van der Waals surface area (Å²) in [6.07, 6.45) is 0.840. The molecule has 0 aromatic carbocycles. The Morgan fingerprint density at radius 1 is 1.44 bits per heavy atom. The van der Waals surface area contributed by atoms with Crippen molar-refractivity contribution in [3.05, 3.63) is 60.7 Å². The van der Waals surface area contributed by atoms with Gasteiger partial charge in [-0.3, -0.25) is 29.6 Å². The normalized spacial score (nSPS) is 9.88. The summed E-state index contributed by atoms with van der Waals surface area (Å²) in [7, 11) is 0. The Morgan fingerprint density at radius 2 is 2.20 bits per heavy atom. The lowest BCUT2D eigenvalue weighted by Crippen LogP contribution is -2.41. The molecule has 0 atom stereocenters. The number of pyridine rings is 1. The standard InChI is InChI=1S/C14H11N5O5S/c15-5-9-4-10(19(23)24)7-18(13(9)21)8-12(20)17-14(22)16-6-11-2-1-3-25-11/h1-4,7H,6,8H2,(H2,16,17,20,22). The van der Waals surface area contributed by atoms with E-state index in [2.05, 4.69) is 5.32 Å². The van der Waals surface area contributed by atoms with Gasteiger partial charge in [-0.2, -0.15) is 5.26 Å². The summed E-state index contributed by atoms with van der Waals surface area (Å²) >= 11 is 1.43. The number of thiophene rings is 1. The number of nitro groups is 1. The highest BCUT2D eigenvalue weighted by atomic mass is 32.1. The van der Waals surface area contributed by atoms with Crippen molar-refractivity contribution in [2.45, 2.75) is 13.1 Å². The molecule has 0 fully saturated rings. The van der Waals surface area contributed by atoms with E-state index < -0.39 is 40.2 Å². The molecular weight excluding hydrogens is 350 g/mol. The SMILES string of the molecule is N#Cc1cc([N+](=O)[O-])cn(CC(=O)NC(=O)NCc2cccs2)c1=O. The Labute approximate surface area is 144 Å². The van der Waals surface area contributed by atoms with Crippen molar-refractivity contribution in [3.8, 4) is 6.07 Å². The summed E-state index contributed by atoms with van der Waals surface area (Å²) in [6, 6.07) is 5.21. The van der Waals surface area contributed by atoms with Gasteiger partial charge in [0.05, 0.1) is 17.7 Å². The van der Waals surface area contributed by atoms with Crippen molar-refractivity contribution < 1.29 is 14.5 Å². The van der Waals surface area contributed by atoms with E-state index in [-0.39, 0.29) is 6.54 Å². The van der Waals surface area contributed by atoms with Crippen molar-refractivity contribution in [2.24, 2.45) is 0 Å². The molecule has 128 valence electrons. The summed E-state index contributed by atoms with van der Waals surface area (Å²) in [5, 5.41) is 26.0. The van der Waals surface area contributed by atoms with E-state index in [1.807, 2.05) is 16.8 Å². The van der Waals surface area contributed by atoms with E-state index >= 15 is 0 Å². The largest absolute Gasteiger partial charge is 0.333 e. The van der Waals surface area contributed by atoms with Crippen LogP contribution in [-0.4, -0.2) is 21.4 Å². The highest BCUT2D eigenvalue weighted by Gasteiger charge is 2.16. The first-order valence-corrected chi connectivity index (χ1v) is 7.67. The zero-order valence-electron chi connectivity index (χ0n) is 12.6. The molecule has 2 aromatic heterocycles. The molecule has 0 saturated heterocycles. The number of imide groups is 1. The van der Waals surface area contributed by atoms with E-state index in [1.54, 1.807) is 6.07 Å². The number of aromatic nitrogens is 1. The molecular formula is C14H11N5O5S. The number of hydrogen-bond acceptors (Lipinski definition) is 7. The monoisotopic (exact) mass is 361 g/mol. The number of urea groups is 1. The smallest absolute Gasteiger partial charge is 0.321 e. The van der Waals surface area contributed by atoms with Crippen LogP contribution >= 0.6 is 11.3 Å². The molecule has 10 nitrogen and oxygen atoms in total. The Balaban J connectivity index is 2.03. The van der Waals surface area contributed by atoms with Crippen molar-refractivity contribution >= 4 is 29.0 Å². The second-order valence-corrected chi connectivity index (χ2v) is 5.76. The van der Waals surface area contributed by atoms with E-state index in [0.717, 1.165) is 17.1 Å². The second kappa shape index (κ2) is 7.84. The van der Waals surface area contributed by atoms with Crippen LogP contribution in [0.3, 0.4) is 0 Å². The summed E-state index contributed by atoms with van der Waals surface area (Å²) in [5.41, 5.74) is -1.84. The second-order valence-electron chi connectivity index (χ2n) is 4.72. The molecule has 2 N–H and O–H groups in total. The minimum absolute atomic E-state index is 0.228. The lowest BCUT2D eigenvalue weighted by Gasteiger charge is -2.08. The molecule has 0 unspecified atom stereocenters. The van der Waals surface area contributed by atoms with Gasteiger partial charge in [-0.15, -0.1) is 11.3 Å². The molecule has 0 radical (unpaired) electrons. The minimum Gasteiger partial charge on any atom is -0.333 e. The summed E-state index contributed by atoms with van der Waals surface area (Å²) in [5.74, 6) is -0.852. The van der Waals surface area contributed by atoms with Crippen molar-refractivity contribution in [1.29, 1.82) is 5.26 Å². The van der Waals surface area contributed by atoms with Crippen LogP contribution in [0.15, 0.2) is 34.6 Å². The number of hydrogen-bond donors (Lipinski definition) is 2. The van der Waals surface area contributed by atoms with Crippen LogP contribution in [0.1, 0.15) is 10.4 Å². The van der Waals surface area contributed by atoms with Gasteiger partial charge in [-0.05, 0) is 11.4 Å². The predicted molar refractivity (Wildman–Crippen MR) is 86.8 cm³/mol. The quantitative estimate of drug-likeness (QED) is 0.592. The van der Waals surface area contributed by atoms with Gasteiger partial charge in [0, 0.05) is 10.9 Å². The van der Waals surface area contributed by atoms with Crippen LogP contribution in [0, 0.1) is 21.4 Å². The average Bonchev–Trinajstić information content (AvgIpc) is 3.08. The van der Waals surface area contributed by atoms with Gasteiger partial charge >= 0.3 is 6.03 Å². The molecule has 0 spiro atoms. The van der Waals surface area contributed by atoms with Crippen LogP contribution in [-0.2, 0) is 17.9 Å². The maximum atomic E-state index is 11.9. The van der Waals surface area contributed by atoms with Crippen molar-refractivity contribution in [2.75, 3.05) is 0 Å².